The summed E-state index contributed by atoms with van der Waals surface area (Å²) >= 11 is 0. The number of ether oxygens (including phenoxy) is 1. The van der Waals surface area contributed by atoms with Gasteiger partial charge < -0.3 is 14.7 Å². The Bertz CT molecular complexity index is 448. The quantitative estimate of drug-likeness (QED) is 0.876. The Balaban J connectivity index is 2.03. The SMILES string of the molecule is COCCN1CCC(c2cccc(C(O)CF)c2F)CC1. The van der Waals surface area contributed by atoms with E-state index in [1.807, 2.05) is 0 Å². The van der Waals surface area contributed by atoms with E-state index in [9.17, 15) is 13.9 Å². The summed E-state index contributed by atoms with van der Waals surface area (Å²) in [5, 5.41) is 9.53. The number of aliphatic hydroxyl groups excluding tert-OH is 1. The van der Waals surface area contributed by atoms with E-state index >= 15 is 0 Å². The van der Waals surface area contributed by atoms with Crippen molar-refractivity contribution in [2.75, 3.05) is 40.0 Å². The van der Waals surface area contributed by atoms with Gasteiger partial charge in [0.05, 0.1) is 6.61 Å². The molecular formula is C16H23F2NO2. The van der Waals surface area contributed by atoms with Gasteiger partial charge in [0, 0.05) is 19.2 Å². The zero-order valence-corrected chi connectivity index (χ0v) is 12.4. The smallest absolute Gasteiger partial charge is 0.132 e. The molecular weight excluding hydrogens is 276 g/mol. The zero-order chi connectivity index (χ0) is 15.2. The number of piperidine rings is 1. The Morgan fingerprint density at radius 3 is 2.71 bits per heavy atom. The van der Waals surface area contributed by atoms with Crippen molar-refractivity contribution in [2.45, 2.75) is 24.9 Å². The summed E-state index contributed by atoms with van der Waals surface area (Å²) in [5.74, 6) is -0.312. The number of benzene rings is 1. The number of hydrogen-bond acceptors (Lipinski definition) is 3. The first-order valence-electron chi connectivity index (χ1n) is 7.41. The predicted octanol–water partition coefficient (Wildman–Crippen LogP) is 2.65. The van der Waals surface area contributed by atoms with Gasteiger partial charge in [0.15, 0.2) is 0 Å². The lowest BCUT2D eigenvalue weighted by Crippen LogP contribution is -2.35. The molecule has 1 fully saturated rings. The third-order valence-corrected chi connectivity index (χ3v) is 4.20. The van der Waals surface area contributed by atoms with Gasteiger partial charge in [-0.3, -0.25) is 0 Å². The number of likely N-dealkylation sites (tertiary alicyclic amines) is 1. The largest absolute Gasteiger partial charge is 0.386 e. The predicted molar refractivity (Wildman–Crippen MR) is 77.6 cm³/mol. The molecule has 5 heteroatoms. The van der Waals surface area contributed by atoms with E-state index in [2.05, 4.69) is 4.90 Å². The van der Waals surface area contributed by atoms with Crippen LogP contribution >= 0.6 is 0 Å². The fraction of sp³-hybridized carbons (Fsp3) is 0.625. The Kier molecular flexibility index (Phi) is 6.08. The van der Waals surface area contributed by atoms with Gasteiger partial charge in [-0.1, -0.05) is 18.2 Å². The minimum atomic E-state index is -1.37. The van der Waals surface area contributed by atoms with Crippen LogP contribution in [0.3, 0.4) is 0 Å². The monoisotopic (exact) mass is 299 g/mol. The number of methoxy groups -OCH3 is 1. The van der Waals surface area contributed by atoms with Crippen LogP contribution in [0.2, 0.25) is 0 Å². The molecule has 1 unspecified atom stereocenters. The normalized spacial score (nSPS) is 18.9. The van der Waals surface area contributed by atoms with Crippen LogP contribution in [-0.2, 0) is 4.74 Å². The summed E-state index contributed by atoms with van der Waals surface area (Å²) in [7, 11) is 1.68. The lowest BCUT2D eigenvalue weighted by atomic mass is 9.87. The van der Waals surface area contributed by atoms with Crippen molar-refractivity contribution < 1.29 is 18.6 Å². The zero-order valence-electron chi connectivity index (χ0n) is 12.4. The van der Waals surface area contributed by atoms with Gasteiger partial charge in [0.1, 0.15) is 18.6 Å². The van der Waals surface area contributed by atoms with Crippen molar-refractivity contribution >= 4 is 0 Å². The number of alkyl halides is 1. The molecule has 1 aliphatic heterocycles. The molecule has 0 amide bonds. The Morgan fingerprint density at radius 2 is 2.10 bits per heavy atom. The second-order valence-electron chi connectivity index (χ2n) is 5.53. The Labute approximate surface area is 124 Å². The molecule has 1 atom stereocenters. The van der Waals surface area contributed by atoms with E-state index in [-0.39, 0.29) is 11.5 Å². The Morgan fingerprint density at radius 1 is 1.38 bits per heavy atom. The average molecular weight is 299 g/mol. The summed E-state index contributed by atoms with van der Waals surface area (Å²) in [6, 6.07) is 4.90. The topological polar surface area (TPSA) is 32.7 Å². The maximum atomic E-state index is 14.4. The van der Waals surface area contributed by atoms with Crippen LogP contribution in [0.15, 0.2) is 18.2 Å². The third-order valence-electron chi connectivity index (χ3n) is 4.20. The first kappa shape index (κ1) is 16.3. The molecule has 0 radical (unpaired) electrons. The average Bonchev–Trinajstić information content (AvgIpc) is 2.53. The van der Waals surface area contributed by atoms with E-state index in [0.29, 0.717) is 12.2 Å². The standard InChI is InChI=1S/C16H23F2NO2/c1-21-10-9-19-7-5-12(6-8-19)13-3-2-4-14(16(13)18)15(20)11-17/h2-4,12,15,20H,5-11H2,1H3. The molecule has 0 aliphatic carbocycles. The van der Waals surface area contributed by atoms with Gasteiger partial charge in [0.25, 0.3) is 0 Å². The van der Waals surface area contributed by atoms with Gasteiger partial charge in [-0.15, -0.1) is 0 Å². The van der Waals surface area contributed by atoms with Crippen molar-refractivity contribution in [3.05, 3.63) is 35.1 Å². The molecule has 3 nitrogen and oxygen atoms in total. The number of hydrogen-bond donors (Lipinski definition) is 1. The van der Waals surface area contributed by atoms with Crippen molar-refractivity contribution in [2.24, 2.45) is 0 Å². The highest BCUT2D eigenvalue weighted by Crippen LogP contribution is 2.32. The van der Waals surface area contributed by atoms with Crippen LogP contribution in [0, 0.1) is 5.82 Å². The molecule has 118 valence electrons. The van der Waals surface area contributed by atoms with Crippen LogP contribution in [0.5, 0.6) is 0 Å². The van der Waals surface area contributed by atoms with Crippen LogP contribution < -0.4 is 0 Å². The lowest BCUT2D eigenvalue weighted by Gasteiger charge is -2.32. The molecule has 0 bridgehead atoms. The van der Waals surface area contributed by atoms with Gasteiger partial charge in [-0.25, -0.2) is 8.78 Å². The third kappa shape index (κ3) is 3.99. The van der Waals surface area contributed by atoms with Gasteiger partial charge >= 0.3 is 0 Å². The van der Waals surface area contributed by atoms with Crippen molar-refractivity contribution in [3.63, 3.8) is 0 Å². The van der Waals surface area contributed by atoms with Crippen LogP contribution in [0.1, 0.15) is 36.0 Å². The van der Waals surface area contributed by atoms with Gasteiger partial charge in [-0.2, -0.15) is 0 Å². The maximum Gasteiger partial charge on any atom is 0.132 e. The first-order valence-corrected chi connectivity index (χ1v) is 7.41. The highest BCUT2D eigenvalue weighted by molar-refractivity contribution is 5.30. The summed E-state index contributed by atoms with van der Waals surface area (Å²) in [5.41, 5.74) is 0.670. The molecule has 1 aromatic rings. The van der Waals surface area contributed by atoms with E-state index in [1.165, 1.54) is 6.07 Å². The molecule has 1 aliphatic rings. The van der Waals surface area contributed by atoms with Crippen LogP contribution in [0.25, 0.3) is 0 Å². The van der Waals surface area contributed by atoms with E-state index < -0.39 is 18.6 Å². The highest BCUT2D eigenvalue weighted by atomic mass is 19.1. The van der Waals surface area contributed by atoms with Crippen LogP contribution in [-0.4, -0.2) is 50.0 Å². The molecule has 1 heterocycles. The highest BCUT2D eigenvalue weighted by Gasteiger charge is 2.25. The van der Waals surface area contributed by atoms with Gasteiger partial charge in [0.2, 0.25) is 0 Å². The first-order chi connectivity index (χ1) is 10.2. The second kappa shape index (κ2) is 7.82. The second-order valence-corrected chi connectivity index (χ2v) is 5.53. The van der Waals surface area contributed by atoms with E-state index in [0.717, 1.165) is 32.5 Å². The van der Waals surface area contributed by atoms with E-state index in [4.69, 9.17) is 4.74 Å². The molecule has 1 N–H and O–H groups in total. The summed E-state index contributed by atoms with van der Waals surface area (Å²) < 4.78 is 32.1. The minimum Gasteiger partial charge on any atom is -0.386 e. The Hall–Kier alpha value is -1.04. The van der Waals surface area contributed by atoms with Crippen LogP contribution in [0.4, 0.5) is 8.78 Å². The molecule has 2 rings (SSSR count). The molecule has 0 saturated carbocycles. The lowest BCUT2D eigenvalue weighted by molar-refractivity contribution is 0.128. The summed E-state index contributed by atoms with van der Waals surface area (Å²) in [6.45, 7) is 2.45. The number of nitrogens with zero attached hydrogens (tertiary/aromatic N) is 1. The molecule has 0 spiro atoms. The summed E-state index contributed by atoms with van der Waals surface area (Å²) in [6.07, 6.45) is 0.373. The fourth-order valence-corrected chi connectivity index (χ4v) is 2.91. The number of aliphatic hydroxyl groups is 1. The van der Waals surface area contributed by atoms with Crippen molar-refractivity contribution in [1.29, 1.82) is 0 Å². The summed E-state index contributed by atoms with van der Waals surface area (Å²) in [4.78, 5) is 2.30. The molecule has 21 heavy (non-hydrogen) atoms. The maximum absolute atomic E-state index is 14.4. The van der Waals surface area contributed by atoms with Crippen molar-refractivity contribution in [1.82, 2.24) is 4.90 Å². The molecule has 1 aromatic carbocycles. The van der Waals surface area contributed by atoms with Crippen molar-refractivity contribution in [3.8, 4) is 0 Å². The van der Waals surface area contributed by atoms with E-state index in [1.54, 1.807) is 19.2 Å². The minimum absolute atomic E-state index is 0.0665. The number of halogens is 2. The van der Waals surface area contributed by atoms with Gasteiger partial charge in [-0.05, 0) is 37.4 Å². The number of rotatable bonds is 6. The molecule has 1 saturated heterocycles. The molecule has 0 aromatic heterocycles. The fourth-order valence-electron chi connectivity index (χ4n) is 2.91.